The fraction of sp³-hybridized carbons (Fsp3) is 0.231. The number of aromatic carboxylic acids is 1. The van der Waals surface area contributed by atoms with Gasteiger partial charge in [-0.15, -0.1) is 0 Å². The smallest absolute Gasteiger partial charge is 0.345 e. The number of aromatic amines is 1. The van der Waals surface area contributed by atoms with Crippen molar-refractivity contribution < 1.29 is 19.7 Å². The van der Waals surface area contributed by atoms with Crippen molar-refractivity contribution in [1.82, 2.24) is 4.98 Å². The van der Waals surface area contributed by atoms with Crippen LogP contribution in [0.25, 0.3) is 10.9 Å². The standard InChI is InChI=1S/C11H9NO5.C2H6/c1-17-6-4-2-3-5-7(6)9(13)8(11(15)16)10(14)12-5;1-2/h2-4H,1H3,(H,15,16)(H2,12,13,14);1-2H3. The number of benzene rings is 1. The lowest BCUT2D eigenvalue weighted by molar-refractivity contribution is 0.0692. The minimum atomic E-state index is -1.49. The number of aromatic hydroxyl groups is 1. The average Bonchev–Trinajstić information content (AvgIpc) is 2.39. The summed E-state index contributed by atoms with van der Waals surface area (Å²) < 4.78 is 5.01. The number of carboxylic acid groups (broad SMARTS) is 1. The van der Waals surface area contributed by atoms with Crippen LogP contribution in [-0.4, -0.2) is 28.3 Å². The number of H-pyrrole nitrogens is 1. The van der Waals surface area contributed by atoms with Gasteiger partial charge in [0, 0.05) is 0 Å². The Morgan fingerprint density at radius 1 is 1.32 bits per heavy atom. The zero-order valence-corrected chi connectivity index (χ0v) is 10.9. The fourth-order valence-electron chi connectivity index (χ4n) is 1.67. The van der Waals surface area contributed by atoms with Crippen LogP contribution in [0.5, 0.6) is 11.5 Å². The third-order valence-corrected chi connectivity index (χ3v) is 2.41. The lowest BCUT2D eigenvalue weighted by atomic mass is 10.1. The van der Waals surface area contributed by atoms with Gasteiger partial charge in [0.15, 0.2) is 5.56 Å². The Kier molecular flexibility index (Phi) is 4.52. The number of carboxylic acids is 1. The highest BCUT2D eigenvalue weighted by atomic mass is 16.5. The van der Waals surface area contributed by atoms with E-state index in [0.717, 1.165) is 0 Å². The van der Waals surface area contributed by atoms with Crippen molar-refractivity contribution in [3.05, 3.63) is 34.1 Å². The molecule has 0 fully saturated rings. The summed E-state index contributed by atoms with van der Waals surface area (Å²) in [5.41, 5.74) is -1.23. The van der Waals surface area contributed by atoms with E-state index in [1.807, 2.05) is 13.8 Å². The second kappa shape index (κ2) is 5.90. The molecule has 6 nitrogen and oxygen atoms in total. The van der Waals surface area contributed by atoms with Crippen LogP contribution in [0.15, 0.2) is 23.0 Å². The third kappa shape index (κ3) is 2.52. The minimum Gasteiger partial charge on any atom is -0.506 e. The van der Waals surface area contributed by atoms with Crippen molar-refractivity contribution in [2.45, 2.75) is 13.8 Å². The van der Waals surface area contributed by atoms with Crippen molar-refractivity contribution in [2.24, 2.45) is 0 Å². The summed E-state index contributed by atoms with van der Waals surface area (Å²) in [4.78, 5) is 24.7. The van der Waals surface area contributed by atoms with Crippen LogP contribution in [0.1, 0.15) is 24.2 Å². The van der Waals surface area contributed by atoms with E-state index < -0.39 is 22.8 Å². The minimum absolute atomic E-state index is 0.173. The van der Waals surface area contributed by atoms with Crippen LogP contribution in [-0.2, 0) is 0 Å². The van der Waals surface area contributed by atoms with Crippen LogP contribution < -0.4 is 10.3 Å². The fourth-order valence-corrected chi connectivity index (χ4v) is 1.67. The molecule has 3 N–H and O–H groups in total. The van der Waals surface area contributed by atoms with Gasteiger partial charge in [0.25, 0.3) is 5.56 Å². The normalized spacial score (nSPS) is 9.63. The topological polar surface area (TPSA) is 99.6 Å². The summed E-state index contributed by atoms with van der Waals surface area (Å²) in [6.45, 7) is 4.00. The Morgan fingerprint density at radius 3 is 2.47 bits per heavy atom. The van der Waals surface area contributed by atoms with E-state index in [2.05, 4.69) is 4.98 Å². The van der Waals surface area contributed by atoms with Gasteiger partial charge < -0.3 is 19.9 Å². The van der Waals surface area contributed by atoms with E-state index in [0.29, 0.717) is 11.3 Å². The molecule has 0 aliphatic heterocycles. The number of methoxy groups -OCH3 is 1. The highest BCUT2D eigenvalue weighted by Gasteiger charge is 2.20. The maximum atomic E-state index is 11.5. The van der Waals surface area contributed by atoms with E-state index in [4.69, 9.17) is 9.84 Å². The number of hydrogen-bond donors (Lipinski definition) is 3. The van der Waals surface area contributed by atoms with Crippen molar-refractivity contribution in [3.63, 3.8) is 0 Å². The quantitative estimate of drug-likeness (QED) is 0.770. The Morgan fingerprint density at radius 2 is 1.95 bits per heavy atom. The molecule has 6 heteroatoms. The summed E-state index contributed by atoms with van der Waals surface area (Å²) in [7, 11) is 1.39. The summed E-state index contributed by atoms with van der Waals surface area (Å²) >= 11 is 0. The molecule has 1 aromatic heterocycles. The van der Waals surface area contributed by atoms with E-state index in [-0.39, 0.29) is 5.39 Å². The number of hydrogen-bond acceptors (Lipinski definition) is 4. The third-order valence-electron chi connectivity index (χ3n) is 2.41. The van der Waals surface area contributed by atoms with Gasteiger partial charge in [0.2, 0.25) is 0 Å². The van der Waals surface area contributed by atoms with Crippen molar-refractivity contribution in [1.29, 1.82) is 0 Å². The Bertz CT molecular complexity index is 660. The molecular weight excluding hydrogens is 250 g/mol. The van der Waals surface area contributed by atoms with Crippen molar-refractivity contribution >= 4 is 16.9 Å². The largest absolute Gasteiger partial charge is 0.506 e. The average molecular weight is 265 g/mol. The number of rotatable bonds is 2. The number of carbonyl (C=O) groups is 1. The molecular formula is C13H15NO5. The van der Waals surface area contributed by atoms with E-state index in [1.54, 1.807) is 18.2 Å². The first kappa shape index (κ1) is 14.6. The number of nitrogens with one attached hydrogen (secondary N) is 1. The SMILES string of the molecule is CC.COc1cccc2[nH]c(=O)c(C(=O)O)c(O)c12. The highest BCUT2D eigenvalue weighted by molar-refractivity contribution is 6.00. The number of fused-ring (bicyclic) bond motifs is 1. The van der Waals surface area contributed by atoms with Gasteiger partial charge in [0.1, 0.15) is 11.5 Å². The Hall–Kier alpha value is -2.50. The molecule has 1 heterocycles. The van der Waals surface area contributed by atoms with Gasteiger partial charge in [-0.3, -0.25) is 4.79 Å². The molecule has 0 atom stereocenters. The zero-order valence-electron chi connectivity index (χ0n) is 10.9. The van der Waals surface area contributed by atoms with Crippen LogP contribution in [0.4, 0.5) is 0 Å². The van der Waals surface area contributed by atoms with Crippen LogP contribution in [0, 0.1) is 0 Å². The van der Waals surface area contributed by atoms with Crippen molar-refractivity contribution in [3.8, 4) is 11.5 Å². The van der Waals surface area contributed by atoms with Gasteiger partial charge >= 0.3 is 5.97 Å². The number of aromatic nitrogens is 1. The molecule has 0 radical (unpaired) electrons. The molecule has 0 saturated heterocycles. The summed E-state index contributed by atoms with van der Waals surface area (Å²) in [5, 5.41) is 18.9. The molecule has 0 spiro atoms. The van der Waals surface area contributed by atoms with Crippen molar-refractivity contribution in [2.75, 3.05) is 7.11 Å². The molecule has 19 heavy (non-hydrogen) atoms. The molecule has 0 saturated carbocycles. The predicted octanol–water partition coefficient (Wildman–Crippen LogP) is 1.97. The lowest BCUT2D eigenvalue weighted by Crippen LogP contribution is -2.17. The van der Waals surface area contributed by atoms with Gasteiger partial charge in [-0.2, -0.15) is 0 Å². The first-order valence-electron chi connectivity index (χ1n) is 5.71. The predicted molar refractivity (Wildman–Crippen MR) is 71.1 cm³/mol. The van der Waals surface area contributed by atoms with Crippen LogP contribution in [0.3, 0.4) is 0 Å². The molecule has 0 amide bonds. The number of pyridine rings is 1. The molecule has 0 unspecified atom stereocenters. The molecule has 0 aliphatic carbocycles. The molecule has 2 aromatic rings. The van der Waals surface area contributed by atoms with E-state index in [9.17, 15) is 14.7 Å². The summed E-state index contributed by atoms with van der Waals surface area (Å²) in [6, 6.07) is 4.73. The van der Waals surface area contributed by atoms with E-state index in [1.165, 1.54) is 7.11 Å². The molecule has 1 aromatic carbocycles. The second-order valence-corrected chi connectivity index (χ2v) is 3.37. The molecule has 2 rings (SSSR count). The molecule has 0 aliphatic rings. The monoisotopic (exact) mass is 265 g/mol. The second-order valence-electron chi connectivity index (χ2n) is 3.37. The first-order valence-corrected chi connectivity index (χ1v) is 5.71. The van der Waals surface area contributed by atoms with Gasteiger partial charge in [-0.05, 0) is 12.1 Å². The maximum Gasteiger partial charge on any atom is 0.345 e. The van der Waals surface area contributed by atoms with E-state index >= 15 is 0 Å². The highest BCUT2D eigenvalue weighted by Crippen LogP contribution is 2.32. The maximum absolute atomic E-state index is 11.5. The first-order chi connectivity index (χ1) is 9.06. The summed E-state index contributed by atoms with van der Waals surface area (Å²) in [6.07, 6.45) is 0. The molecule has 102 valence electrons. The summed E-state index contributed by atoms with van der Waals surface area (Å²) in [5.74, 6) is -1.79. The zero-order chi connectivity index (χ0) is 14.6. The van der Waals surface area contributed by atoms with Crippen LogP contribution in [0.2, 0.25) is 0 Å². The Labute approximate surface area is 109 Å². The Balaban J connectivity index is 0.000000861. The van der Waals surface area contributed by atoms with Gasteiger partial charge in [-0.25, -0.2) is 4.79 Å². The molecule has 0 bridgehead atoms. The number of ether oxygens (including phenoxy) is 1. The van der Waals surface area contributed by atoms with Gasteiger partial charge in [-0.1, -0.05) is 19.9 Å². The van der Waals surface area contributed by atoms with Crippen LogP contribution >= 0.6 is 0 Å². The lowest BCUT2D eigenvalue weighted by Gasteiger charge is -2.08. The van der Waals surface area contributed by atoms with Gasteiger partial charge in [0.05, 0.1) is 18.0 Å².